The molecule has 1 atom stereocenters. The number of rotatable bonds is 2. The summed E-state index contributed by atoms with van der Waals surface area (Å²) in [5, 5.41) is 10.5. The van der Waals surface area contributed by atoms with Gasteiger partial charge >= 0.3 is 0 Å². The smallest absolute Gasteiger partial charge is 0.191 e. The van der Waals surface area contributed by atoms with E-state index in [0.29, 0.717) is 11.3 Å². The Kier molecular flexibility index (Phi) is 3.27. The van der Waals surface area contributed by atoms with Gasteiger partial charge in [0.1, 0.15) is 11.4 Å². The average molecular weight is 260 g/mol. The van der Waals surface area contributed by atoms with E-state index in [0.717, 1.165) is 16.7 Å². The van der Waals surface area contributed by atoms with Crippen molar-refractivity contribution in [2.45, 2.75) is 33.3 Å². The van der Waals surface area contributed by atoms with Crippen molar-refractivity contribution in [3.8, 4) is 5.75 Å². The van der Waals surface area contributed by atoms with E-state index in [1.807, 2.05) is 26.8 Å². The van der Waals surface area contributed by atoms with Gasteiger partial charge in [-0.25, -0.2) is 0 Å². The third kappa shape index (κ3) is 2.08. The van der Waals surface area contributed by atoms with Crippen molar-refractivity contribution >= 4 is 11.4 Å². The average Bonchev–Trinajstić information content (AvgIpc) is 2.33. The first-order chi connectivity index (χ1) is 8.78. The zero-order valence-electron chi connectivity index (χ0n) is 12.1. The molecule has 0 aromatic heterocycles. The Bertz CT molecular complexity index is 566. The van der Waals surface area contributed by atoms with Crippen molar-refractivity contribution in [1.29, 1.82) is 0 Å². The summed E-state index contributed by atoms with van der Waals surface area (Å²) in [4.78, 5) is 12.1. The lowest BCUT2D eigenvalue weighted by Gasteiger charge is -2.31. The lowest BCUT2D eigenvalue weighted by Crippen LogP contribution is -2.35. The first kappa shape index (κ1) is 13.8. The van der Waals surface area contributed by atoms with Crippen LogP contribution in [0.25, 0.3) is 5.57 Å². The largest absolute Gasteiger partial charge is 0.496 e. The van der Waals surface area contributed by atoms with Crippen LogP contribution in [-0.2, 0) is 10.4 Å². The molecule has 3 heteroatoms. The van der Waals surface area contributed by atoms with E-state index in [1.54, 1.807) is 19.3 Å². The number of aliphatic hydroxyl groups is 1. The Balaban J connectivity index is 2.75. The molecular formula is C16H20O3. The summed E-state index contributed by atoms with van der Waals surface area (Å²) in [5.74, 6) is 0.651. The molecule has 1 N–H and O–H groups in total. The number of fused-ring (bicyclic) bond motifs is 1. The summed E-state index contributed by atoms with van der Waals surface area (Å²) in [5.41, 5.74) is 2.06. The van der Waals surface area contributed by atoms with Gasteiger partial charge in [-0.3, -0.25) is 4.79 Å². The summed E-state index contributed by atoms with van der Waals surface area (Å²) < 4.78 is 5.29. The van der Waals surface area contributed by atoms with Crippen molar-refractivity contribution < 1.29 is 14.6 Å². The summed E-state index contributed by atoms with van der Waals surface area (Å²) in [6.07, 6.45) is 1.57. The first-order valence-corrected chi connectivity index (χ1v) is 6.47. The zero-order chi connectivity index (χ0) is 14.4. The Morgan fingerprint density at radius 2 is 1.95 bits per heavy atom. The predicted molar refractivity (Wildman–Crippen MR) is 75.1 cm³/mol. The molecule has 0 unspecified atom stereocenters. The van der Waals surface area contributed by atoms with Crippen LogP contribution >= 0.6 is 0 Å². The molecule has 0 aliphatic heterocycles. The van der Waals surface area contributed by atoms with Gasteiger partial charge in [-0.05, 0) is 54.7 Å². The highest BCUT2D eigenvalue weighted by Gasteiger charge is 2.38. The number of carbonyl (C=O) groups is 1. The minimum atomic E-state index is -1.48. The van der Waals surface area contributed by atoms with E-state index in [4.69, 9.17) is 4.74 Å². The molecule has 0 bridgehead atoms. The molecule has 1 aromatic carbocycles. The van der Waals surface area contributed by atoms with Crippen LogP contribution in [0.1, 0.15) is 37.5 Å². The van der Waals surface area contributed by atoms with Gasteiger partial charge in [-0.15, -0.1) is 0 Å². The summed E-state index contributed by atoms with van der Waals surface area (Å²) in [6, 6.07) is 3.76. The Labute approximate surface area is 113 Å². The fourth-order valence-electron chi connectivity index (χ4n) is 2.52. The Hall–Kier alpha value is -1.61. The van der Waals surface area contributed by atoms with E-state index >= 15 is 0 Å². The predicted octanol–water partition coefficient (Wildman–Crippen LogP) is 2.83. The molecule has 2 rings (SSSR count). The maximum atomic E-state index is 12.1. The number of benzene rings is 1. The molecule has 0 saturated carbocycles. The fourth-order valence-corrected chi connectivity index (χ4v) is 2.52. The Morgan fingerprint density at radius 1 is 1.32 bits per heavy atom. The fraction of sp³-hybridized carbons (Fsp3) is 0.438. The highest BCUT2D eigenvalue weighted by molar-refractivity contribution is 6.06. The van der Waals surface area contributed by atoms with Crippen LogP contribution in [0.15, 0.2) is 18.2 Å². The van der Waals surface area contributed by atoms with Crippen LogP contribution < -0.4 is 4.74 Å². The molecule has 1 aromatic rings. The van der Waals surface area contributed by atoms with Gasteiger partial charge in [0, 0.05) is 5.56 Å². The number of carbonyl (C=O) groups excluding carboxylic acids is 1. The number of methoxy groups -OCH3 is 1. The molecule has 0 amide bonds. The van der Waals surface area contributed by atoms with Gasteiger partial charge in [-0.1, -0.05) is 13.8 Å². The molecule has 3 nitrogen and oxygen atoms in total. The third-order valence-corrected chi connectivity index (χ3v) is 3.76. The van der Waals surface area contributed by atoms with Crippen molar-refractivity contribution in [1.82, 2.24) is 0 Å². The van der Waals surface area contributed by atoms with Gasteiger partial charge in [0.05, 0.1) is 7.11 Å². The van der Waals surface area contributed by atoms with E-state index in [9.17, 15) is 9.90 Å². The molecule has 0 fully saturated rings. The Morgan fingerprint density at radius 3 is 2.47 bits per heavy atom. The second-order valence-electron chi connectivity index (χ2n) is 5.56. The molecule has 19 heavy (non-hydrogen) atoms. The summed E-state index contributed by atoms with van der Waals surface area (Å²) in [7, 11) is 1.59. The third-order valence-electron chi connectivity index (χ3n) is 3.76. The van der Waals surface area contributed by atoms with E-state index in [2.05, 4.69) is 0 Å². The minimum Gasteiger partial charge on any atom is -0.496 e. The van der Waals surface area contributed by atoms with Crippen molar-refractivity contribution in [3.63, 3.8) is 0 Å². The number of allylic oxidation sites excluding steroid dienone is 1. The van der Waals surface area contributed by atoms with Gasteiger partial charge in [-0.2, -0.15) is 0 Å². The standard InChI is InChI=1S/C16H20O3/c1-9(2)11-7-15(17)16(4,18)13-8-14(19-5)10(3)6-12(11)13/h6-9,18H,1-5H3/t16-/m1/s1. The van der Waals surface area contributed by atoms with E-state index < -0.39 is 5.60 Å². The molecule has 0 spiro atoms. The molecule has 0 radical (unpaired) electrons. The number of hydrogen-bond acceptors (Lipinski definition) is 3. The molecule has 0 saturated heterocycles. The number of hydrogen-bond donors (Lipinski definition) is 1. The van der Waals surface area contributed by atoms with Gasteiger partial charge in [0.2, 0.25) is 0 Å². The van der Waals surface area contributed by atoms with Crippen molar-refractivity contribution in [2.24, 2.45) is 5.92 Å². The molecule has 0 heterocycles. The summed E-state index contributed by atoms with van der Waals surface area (Å²) >= 11 is 0. The van der Waals surface area contributed by atoms with Crippen molar-refractivity contribution in [2.75, 3.05) is 7.11 Å². The van der Waals surface area contributed by atoms with Crippen LogP contribution in [0.4, 0.5) is 0 Å². The molecule has 1 aliphatic carbocycles. The quantitative estimate of drug-likeness (QED) is 0.889. The lowest BCUT2D eigenvalue weighted by molar-refractivity contribution is -0.131. The van der Waals surface area contributed by atoms with Crippen LogP contribution in [0, 0.1) is 12.8 Å². The van der Waals surface area contributed by atoms with Gasteiger partial charge in [0.15, 0.2) is 5.78 Å². The van der Waals surface area contributed by atoms with Crippen LogP contribution in [0.5, 0.6) is 5.75 Å². The maximum absolute atomic E-state index is 12.1. The lowest BCUT2D eigenvalue weighted by atomic mass is 9.76. The van der Waals surface area contributed by atoms with Gasteiger partial charge < -0.3 is 9.84 Å². The minimum absolute atomic E-state index is 0.228. The van der Waals surface area contributed by atoms with E-state index in [-0.39, 0.29) is 11.7 Å². The van der Waals surface area contributed by atoms with Gasteiger partial charge in [0.25, 0.3) is 0 Å². The topological polar surface area (TPSA) is 46.5 Å². The molecule has 1 aliphatic rings. The van der Waals surface area contributed by atoms with Crippen molar-refractivity contribution in [3.05, 3.63) is 34.9 Å². The molecule has 102 valence electrons. The summed E-state index contributed by atoms with van der Waals surface area (Å²) in [6.45, 7) is 7.59. The maximum Gasteiger partial charge on any atom is 0.191 e. The first-order valence-electron chi connectivity index (χ1n) is 6.47. The molecular weight excluding hydrogens is 240 g/mol. The van der Waals surface area contributed by atoms with E-state index in [1.165, 1.54) is 6.92 Å². The second kappa shape index (κ2) is 4.49. The monoisotopic (exact) mass is 260 g/mol. The number of aryl methyl sites for hydroxylation is 1. The zero-order valence-corrected chi connectivity index (χ0v) is 12.1. The number of ether oxygens (including phenoxy) is 1. The van der Waals surface area contributed by atoms with Crippen LogP contribution in [-0.4, -0.2) is 18.0 Å². The SMILES string of the molecule is COc1cc2c(cc1C)C(C(C)C)=CC(=O)[C@]2(C)O. The highest BCUT2D eigenvalue weighted by atomic mass is 16.5. The van der Waals surface area contributed by atoms with Crippen LogP contribution in [0.3, 0.4) is 0 Å². The normalized spacial score (nSPS) is 22.3. The highest BCUT2D eigenvalue weighted by Crippen LogP contribution is 2.41. The van der Waals surface area contributed by atoms with Crippen LogP contribution in [0.2, 0.25) is 0 Å². The number of ketones is 1. The second-order valence-corrected chi connectivity index (χ2v) is 5.56.